The van der Waals surface area contributed by atoms with Crippen LogP contribution in [0.4, 0.5) is 0 Å². The number of hydrogen-bond acceptors (Lipinski definition) is 2. The number of hydrogen-bond donors (Lipinski definition) is 1. The molecular weight excluding hydrogens is 164 g/mol. The van der Waals surface area contributed by atoms with Crippen LogP contribution in [0.3, 0.4) is 0 Å². The molecule has 1 N–H and O–H groups in total. The van der Waals surface area contributed by atoms with Crippen molar-refractivity contribution in [2.24, 2.45) is 0 Å². The highest BCUT2D eigenvalue weighted by Crippen LogP contribution is 2.12. The minimum atomic E-state index is -0.245. The van der Waals surface area contributed by atoms with Crippen LogP contribution in [0.25, 0.3) is 0 Å². The van der Waals surface area contributed by atoms with Gasteiger partial charge in [-0.15, -0.1) is 0 Å². The first-order valence-electron chi connectivity index (χ1n) is 4.97. The molecule has 0 spiro atoms. The van der Waals surface area contributed by atoms with Crippen LogP contribution in [0.5, 0.6) is 0 Å². The zero-order valence-corrected chi connectivity index (χ0v) is 9.05. The van der Waals surface area contributed by atoms with Crippen LogP contribution in [0, 0.1) is 0 Å². The molecule has 0 saturated heterocycles. The van der Waals surface area contributed by atoms with Crippen molar-refractivity contribution >= 4 is 0 Å². The molecule has 0 amide bonds. The summed E-state index contributed by atoms with van der Waals surface area (Å²) in [5.74, 6) is 0. The van der Waals surface area contributed by atoms with Gasteiger partial charge in [0.15, 0.2) is 0 Å². The topological polar surface area (TPSA) is 29.5 Å². The fourth-order valence-electron chi connectivity index (χ4n) is 1.12. The lowest BCUT2D eigenvalue weighted by Crippen LogP contribution is -2.12. The van der Waals surface area contributed by atoms with Crippen LogP contribution in [0.15, 0.2) is 12.2 Å². The molecule has 0 aliphatic heterocycles. The van der Waals surface area contributed by atoms with Crippen LogP contribution in [-0.2, 0) is 4.74 Å². The Bertz CT molecular complexity index is 143. The summed E-state index contributed by atoms with van der Waals surface area (Å²) >= 11 is 0. The van der Waals surface area contributed by atoms with E-state index >= 15 is 0 Å². The monoisotopic (exact) mass is 186 g/mol. The molecule has 0 aromatic carbocycles. The van der Waals surface area contributed by atoms with E-state index in [0.29, 0.717) is 0 Å². The minimum absolute atomic E-state index is 0.240. The molecule has 78 valence electrons. The summed E-state index contributed by atoms with van der Waals surface area (Å²) in [4.78, 5) is 0. The van der Waals surface area contributed by atoms with Crippen molar-refractivity contribution in [3.8, 4) is 0 Å². The van der Waals surface area contributed by atoms with E-state index in [9.17, 15) is 5.11 Å². The van der Waals surface area contributed by atoms with Gasteiger partial charge < -0.3 is 9.84 Å². The van der Waals surface area contributed by atoms with Crippen molar-refractivity contribution in [3.63, 3.8) is 0 Å². The summed E-state index contributed by atoms with van der Waals surface area (Å²) in [5, 5.41) is 9.58. The SMILES string of the molecule is C=C(CC)CC(O)CCC(C)OC. The van der Waals surface area contributed by atoms with E-state index in [1.165, 1.54) is 0 Å². The van der Waals surface area contributed by atoms with Crippen molar-refractivity contribution in [1.82, 2.24) is 0 Å². The summed E-state index contributed by atoms with van der Waals surface area (Å²) < 4.78 is 5.10. The minimum Gasteiger partial charge on any atom is -0.393 e. The van der Waals surface area contributed by atoms with Gasteiger partial charge in [0.2, 0.25) is 0 Å². The molecule has 2 atom stereocenters. The van der Waals surface area contributed by atoms with Crippen LogP contribution < -0.4 is 0 Å². The summed E-state index contributed by atoms with van der Waals surface area (Å²) in [6.45, 7) is 7.95. The standard InChI is InChI=1S/C11H22O2/c1-5-9(2)8-11(12)7-6-10(3)13-4/h10-12H,2,5-8H2,1,3-4H3. The molecule has 0 aliphatic carbocycles. The molecule has 0 aliphatic rings. The van der Waals surface area contributed by atoms with Gasteiger partial charge in [0.25, 0.3) is 0 Å². The molecule has 0 saturated carbocycles. The fourth-order valence-corrected chi connectivity index (χ4v) is 1.12. The Balaban J connectivity index is 3.50. The lowest BCUT2D eigenvalue weighted by molar-refractivity contribution is 0.0850. The Labute approximate surface area is 81.6 Å². The highest BCUT2D eigenvalue weighted by Gasteiger charge is 2.07. The molecule has 2 unspecified atom stereocenters. The zero-order valence-electron chi connectivity index (χ0n) is 9.05. The molecule has 13 heavy (non-hydrogen) atoms. The van der Waals surface area contributed by atoms with Crippen LogP contribution in [0.2, 0.25) is 0 Å². The predicted molar refractivity (Wildman–Crippen MR) is 55.8 cm³/mol. The first-order chi connectivity index (χ1) is 6.10. The fraction of sp³-hybridized carbons (Fsp3) is 0.818. The normalized spacial score (nSPS) is 15.4. The second-order valence-corrected chi connectivity index (χ2v) is 3.59. The van der Waals surface area contributed by atoms with Crippen molar-refractivity contribution < 1.29 is 9.84 Å². The van der Waals surface area contributed by atoms with Crippen LogP contribution in [0.1, 0.15) is 39.5 Å². The van der Waals surface area contributed by atoms with E-state index in [0.717, 1.165) is 31.3 Å². The molecule has 2 heteroatoms. The van der Waals surface area contributed by atoms with E-state index < -0.39 is 0 Å². The second kappa shape index (κ2) is 7.10. The predicted octanol–water partition coefficient (Wildman–Crippen LogP) is 2.52. The first-order valence-corrected chi connectivity index (χ1v) is 4.97. The second-order valence-electron chi connectivity index (χ2n) is 3.59. The van der Waals surface area contributed by atoms with Crippen molar-refractivity contribution in [2.45, 2.75) is 51.7 Å². The third-order valence-corrected chi connectivity index (χ3v) is 2.33. The number of aliphatic hydroxyl groups excluding tert-OH is 1. The summed E-state index contributed by atoms with van der Waals surface area (Å²) in [6.07, 6.45) is 3.39. The number of methoxy groups -OCH3 is 1. The third-order valence-electron chi connectivity index (χ3n) is 2.33. The van der Waals surface area contributed by atoms with E-state index in [1.54, 1.807) is 7.11 Å². The molecule has 0 bridgehead atoms. The van der Waals surface area contributed by atoms with Crippen molar-refractivity contribution in [1.29, 1.82) is 0 Å². The molecular formula is C11H22O2. The number of ether oxygens (including phenoxy) is 1. The molecule has 0 radical (unpaired) electrons. The molecule has 0 aromatic rings. The highest BCUT2D eigenvalue weighted by atomic mass is 16.5. The van der Waals surface area contributed by atoms with Gasteiger partial charge in [-0.2, -0.15) is 0 Å². The number of aliphatic hydroxyl groups is 1. The Hall–Kier alpha value is -0.340. The summed E-state index contributed by atoms with van der Waals surface area (Å²) in [7, 11) is 1.70. The van der Waals surface area contributed by atoms with Crippen molar-refractivity contribution in [3.05, 3.63) is 12.2 Å². The lowest BCUT2D eigenvalue weighted by atomic mass is 10.0. The Kier molecular flexibility index (Phi) is 6.92. The molecule has 0 rings (SSSR count). The van der Waals surface area contributed by atoms with Crippen molar-refractivity contribution in [2.75, 3.05) is 7.11 Å². The molecule has 0 heterocycles. The number of rotatable bonds is 7. The Morgan fingerprint density at radius 3 is 2.54 bits per heavy atom. The maximum absolute atomic E-state index is 9.58. The van der Waals surface area contributed by atoms with Gasteiger partial charge in [-0.3, -0.25) is 0 Å². The van der Waals surface area contributed by atoms with E-state index in [-0.39, 0.29) is 12.2 Å². The van der Waals surface area contributed by atoms with Gasteiger partial charge >= 0.3 is 0 Å². The Morgan fingerprint density at radius 1 is 1.46 bits per heavy atom. The van der Waals surface area contributed by atoms with Gasteiger partial charge in [-0.25, -0.2) is 0 Å². The average molecular weight is 186 g/mol. The summed E-state index contributed by atoms with van der Waals surface area (Å²) in [5.41, 5.74) is 1.12. The molecule has 0 fully saturated rings. The first kappa shape index (κ1) is 12.7. The molecule has 0 aromatic heterocycles. The lowest BCUT2D eigenvalue weighted by Gasteiger charge is -2.14. The highest BCUT2D eigenvalue weighted by molar-refractivity contribution is 4.94. The zero-order chi connectivity index (χ0) is 10.3. The smallest absolute Gasteiger partial charge is 0.0578 e. The third kappa shape index (κ3) is 6.79. The van der Waals surface area contributed by atoms with Gasteiger partial charge in [0, 0.05) is 7.11 Å². The molecule has 2 nitrogen and oxygen atoms in total. The van der Waals surface area contributed by atoms with E-state index in [1.807, 2.05) is 6.92 Å². The van der Waals surface area contributed by atoms with Crippen LogP contribution in [-0.4, -0.2) is 24.4 Å². The Morgan fingerprint density at radius 2 is 2.08 bits per heavy atom. The van der Waals surface area contributed by atoms with E-state index in [4.69, 9.17) is 4.74 Å². The quantitative estimate of drug-likeness (QED) is 0.619. The van der Waals surface area contributed by atoms with Gasteiger partial charge in [0.05, 0.1) is 12.2 Å². The average Bonchev–Trinajstić information content (AvgIpc) is 2.13. The maximum atomic E-state index is 9.58. The largest absolute Gasteiger partial charge is 0.393 e. The van der Waals surface area contributed by atoms with Gasteiger partial charge in [-0.05, 0) is 32.6 Å². The maximum Gasteiger partial charge on any atom is 0.0578 e. The van der Waals surface area contributed by atoms with E-state index in [2.05, 4.69) is 13.5 Å². The van der Waals surface area contributed by atoms with Gasteiger partial charge in [0.1, 0.15) is 0 Å². The van der Waals surface area contributed by atoms with Gasteiger partial charge in [-0.1, -0.05) is 19.1 Å². The van der Waals surface area contributed by atoms with Crippen LogP contribution >= 0.6 is 0 Å². The summed E-state index contributed by atoms with van der Waals surface area (Å²) in [6, 6.07) is 0.